The Hall–Kier alpha value is -2.34. The van der Waals surface area contributed by atoms with Gasteiger partial charge in [0.2, 0.25) is 5.91 Å². The molecule has 0 atom stereocenters. The number of hydrogen-bond donors (Lipinski definition) is 1. The molecule has 0 unspecified atom stereocenters. The van der Waals surface area contributed by atoms with Gasteiger partial charge in [0.15, 0.2) is 0 Å². The number of nitrogens with zero attached hydrogens (tertiary/aromatic N) is 2. The fourth-order valence-corrected chi connectivity index (χ4v) is 5.30. The van der Waals surface area contributed by atoms with Gasteiger partial charge in [-0.3, -0.25) is 9.59 Å². The van der Waals surface area contributed by atoms with Crippen LogP contribution in [0.1, 0.15) is 48.2 Å². The number of carbonyl (C=O) groups is 2. The lowest BCUT2D eigenvalue weighted by atomic mass is 10.1. The first kappa shape index (κ1) is 20.0. The van der Waals surface area contributed by atoms with Crippen molar-refractivity contribution in [3.63, 3.8) is 0 Å². The molecule has 0 aliphatic carbocycles. The quantitative estimate of drug-likeness (QED) is 0.697. The zero-order chi connectivity index (χ0) is 20.1. The Morgan fingerprint density at radius 3 is 2.55 bits per heavy atom. The van der Waals surface area contributed by atoms with Gasteiger partial charge in [-0.05, 0) is 43.7 Å². The summed E-state index contributed by atoms with van der Waals surface area (Å²) in [5.74, 6) is 0.233. The summed E-state index contributed by atoms with van der Waals surface area (Å²) < 4.78 is 0. The van der Waals surface area contributed by atoms with Crippen LogP contribution in [0.4, 0.5) is 5.00 Å². The lowest BCUT2D eigenvalue weighted by Crippen LogP contribution is -2.30. The van der Waals surface area contributed by atoms with Crippen LogP contribution in [0.15, 0.2) is 36.4 Å². The average molecular weight is 412 g/mol. The molecule has 0 saturated carbocycles. The molecule has 0 spiro atoms. The Morgan fingerprint density at radius 1 is 1.03 bits per heavy atom. The van der Waals surface area contributed by atoms with E-state index in [1.54, 1.807) is 11.3 Å². The van der Waals surface area contributed by atoms with Crippen molar-refractivity contribution in [1.29, 1.82) is 0 Å². The van der Waals surface area contributed by atoms with Crippen molar-refractivity contribution in [2.24, 2.45) is 0 Å². The van der Waals surface area contributed by atoms with E-state index in [2.05, 4.69) is 22.3 Å². The van der Waals surface area contributed by atoms with Gasteiger partial charge in [-0.2, -0.15) is 0 Å². The Bertz CT molecular complexity index is 843. The fraction of sp³-hybridized carbons (Fsp3) is 0.478. The lowest BCUT2D eigenvalue weighted by Gasteiger charge is -2.28. The second-order valence-electron chi connectivity index (χ2n) is 7.84. The lowest BCUT2D eigenvalue weighted by molar-refractivity contribution is -0.127. The van der Waals surface area contributed by atoms with Gasteiger partial charge in [-0.15, -0.1) is 11.3 Å². The van der Waals surface area contributed by atoms with E-state index in [0.29, 0.717) is 13.0 Å². The highest BCUT2D eigenvalue weighted by atomic mass is 32.1. The largest absolute Gasteiger partial charge is 0.363 e. The molecule has 1 aromatic heterocycles. The molecule has 2 aliphatic heterocycles. The van der Waals surface area contributed by atoms with Crippen LogP contribution in [-0.2, 0) is 4.79 Å². The van der Waals surface area contributed by atoms with E-state index in [1.165, 1.54) is 24.3 Å². The van der Waals surface area contributed by atoms with Crippen LogP contribution in [-0.4, -0.2) is 49.4 Å². The summed E-state index contributed by atoms with van der Waals surface area (Å²) in [6.07, 6.45) is 6.14. The van der Waals surface area contributed by atoms with Crippen molar-refractivity contribution in [2.45, 2.75) is 38.5 Å². The SMILES string of the molecule is O=C(NCCCN1CCCC1=O)c1cc(-c2ccccc2)c(N2CCCCC2)s1. The Balaban J connectivity index is 1.43. The maximum absolute atomic E-state index is 12.8. The number of rotatable bonds is 7. The van der Waals surface area contributed by atoms with Crippen molar-refractivity contribution < 1.29 is 9.59 Å². The first-order valence-electron chi connectivity index (χ1n) is 10.7. The molecule has 3 heterocycles. The summed E-state index contributed by atoms with van der Waals surface area (Å²) in [5.41, 5.74) is 2.32. The first-order valence-corrected chi connectivity index (χ1v) is 11.5. The van der Waals surface area contributed by atoms with Crippen LogP contribution in [0.3, 0.4) is 0 Å². The maximum atomic E-state index is 12.8. The van der Waals surface area contributed by atoms with Crippen LogP contribution in [0.5, 0.6) is 0 Å². The minimum atomic E-state index is -0.0109. The predicted molar refractivity (Wildman–Crippen MR) is 119 cm³/mol. The highest BCUT2D eigenvalue weighted by Crippen LogP contribution is 2.40. The highest BCUT2D eigenvalue weighted by molar-refractivity contribution is 7.18. The van der Waals surface area contributed by atoms with Crippen LogP contribution in [0.2, 0.25) is 0 Å². The second kappa shape index (κ2) is 9.44. The molecule has 2 saturated heterocycles. The van der Waals surface area contributed by atoms with Crippen LogP contribution in [0.25, 0.3) is 11.1 Å². The molecule has 0 bridgehead atoms. The molecule has 2 fully saturated rings. The first-order chi connectivity index (χ1) is 14.2. The maximum Gasteiger partial charge on any atom is 0.261 e. The summed E-state index contributed by atoms with van der Waals surface area (Å²) >= 11 is 1.60. The van der Waals surface area contributed by atoms with Gasteiger partial charge in [0.25, 0.3) is 5.91 Å². The van der Waals surface area contributed by atoms with Gasteiger partial charge >= 0.3 is 0 Å². The Kier molecular flexibility index (Phi) is 6.49. The number of nitrogens with one attached hydrogen (secondary N) is 1. The van der Waals surface area contributed by atoms with E-state index in [1.807, 2.05) is 29.2 Å². The van der Waals surface area contributed by atoms with E-state index >= 15 is 0 Å². The Morgan fingerprint density at radius 2 is 1.83 bits per heavy atom. The summed E-state index contributed by atoms with van der Waals surface area (Å²) in [6, 6.07) is 12.4. The van der Waals surface area contributed by atoms with E-state index < -0.39 is 0 Å². The molecule has 5 nitrogen and oxygen atoms in total. The number of likely N-dealkylation sites (tertiary alicyclic amines) is 1. The van der Waals surface area contributed by atoms with E-state index in [4.69, 9.17) is 0 Å². The van der Waals surface area contributed by atoms with Crippen molar-refractivity contribution in [1.82, 2.24) is 10.2 Å². The summed E-state index contributed by atoms with van der Waals surface area (Å²) in [5, 5.41) is 4.26. The number of amides is 2. The Labute approximate surface area is 176 Å². The molecular formula is C23H29N3O2S. The fourth-order valence-electron chi connectivity index (χ4n) is 4.15. The molecule has 29 heavy (non-hydrogen) atoms. The van der Waals surface area contributed by atoms with Gasteiger partial charge in [-0.25, -0.2) is 0 Å². The molecule has 4 rings (SSSR count). The van der Waals surface area contributed by atoms with E-state index in [9.17, 15) is 9.59 Å². The average Bonchev–Trinajstić information content (AvgIpc) is 3.39. The van der Waals surface area contributed by atoms with E-state index in [0.717, 1.165) is 55.0 Å². The third-order valence-electron chi connectivity index (χ3n) is 5.73. The molecule has 1 aromatic carbocycles. The minimum absolute atomic E-state index is 0.0109. The third kappa shape index (κ3) is 4.81. The number of benzene rings is 1. The molecule has 1 N–H and O–H groups in total. The molecule has 6 heteroatoms. The molecule has 2 amide bonds. The van der Waals surface area contributed by atoms with Gasteiger partial charge in [0, 0.05) is 44.7 Å². The molecule has 2 aromatic rings. The molecule has 154 valence electrons. The van der Waals surface area contributed by atoms with Crippen molar-refractivity contribution >= 4 is 28.2 Å². The normalized spacial score (nSPS) is 17.0. The molecule has 2 aliphatic rings. The van der Waals surface area contributed by atoms with Crippen molar-refractivity contribution in [3.8, 4) is 11.1 Å². The van der Waals surface area contributed by atoms with E-state index in [-0.39, 0.29) is 11.8 Å². The monoisotopic (exact) mass is 411 g/mol. The summed E-state index contributed by atoms with van der Waals surface area (Å²) in [7, 11) is 0. The predicted octanol–water partition coefficient (Wildman–Crippen LogP) is 4.15. The third-order valence-corrected chi connectivity index (χ3v) is 6.92. The number of anilines is 1. The van der Waals surface area contributed by atoms with Crippen LogP contribution < -0.4 is 10.2 Å². The van der Waals surface area contributed by atoms with Crippen LogP contribution in [0, 0.1) is 0 Å². The summed E-state index contributed by atoms with van der Waals surface area (Å²) in [6.45, 7) is 4.31. The number of hydrogen-bond acceptors (Lipinski definition) is 4. The van der Waals surface area contributed by atoms with Crippen LogP contribution >= 0.6 is 11.3 Å². The number of thiophene rings is 1. The highest BCUT2D eigenvalue weighted by Gasteiger charge is 2.22. The number of piperidine rings is 1. The van der Waals surface area contributed by atoms with Gasteiger partial charge in [0.1, 0.15) is 0 Å². The summed E-state index contributed by atoms with van der Waals surface area (Å²) in [4.78, 5) is 29.6. The van der Waals surface area contributed by atoms with Crippen molar-refractivity contribution in [3.05, 3.63) is 41.3 Å². The topological polar surface area (TPSA) is 52.7 Å². The smallest absolute Gasteiger partial charge is 0.261 e. The standard InChI is InChI=1S/C23H29N3O2S/c27-21-11-7-15-25(21)16-8-12-24-22(28)20-17-19(18-9-3-1-4-10-18)23(29-20)26-13-5-2-6-14-26/h1,3-4,9-10,17H,2,5-8,11-16H2,(H,24,28). The zero-order valence-corrected chi connectivity index (χ0v) is 17.7. The number of carbonyl (C=O) groups excluding carboxylic acids is 2. The van der Waals surface area contributed by atoms with Crippen molar-refractivity contribution in [2.75, 3.05) is 37.6 Å². The zero-order valence-electron chi connectivity index (χ0n) is 16.9. The van der Waals surface area contributed by atoms with Gasteiger partial charge in [0.05, 0.1) is 9.88 Å². The van der Waals surface area contributed by atoms with Gasteiger partial charge < -0.3 is 15.1 Å². The van der Waals surface area contributed by atoms with Gasteiger partial charge in [-0.1, -0.05) is 30.3 Å². The second-order valence-corrected chi connectivity index (χ2v) is 8.87. The molecular weight excluding hydrogens is 382 g/mol. The minimum Gasteiger partial charge on any atom is -0.363 e. The molecule has 0 radical (unpaired) electrons.